The Kier molecular flexibility index (Phi) is 6.43. The minimum absolute atomic E-state index is 0.0437. The summed E-state index contributed by atoms with van der Waals surface area (Å²) in [6.45, 7) is 1.67. The van der Waals surface area contributed by atoms with E-state index in [1.165, 1.54) is 35.1 Å². The molecule has 1 N–H and O–H groups in total. The van der Waals surface area contributed by atoms with Crippen molar-refractivity contribution in [2.24, 2.45) is 7.05 Å². The summed E-state index contributed by atoms with van der Waals surface area (Å²) in [5.41, 5.74) is 2.75. The zero-order valence-corrected chi connectivity index (χ0v) is 22.0. The van der Waals surface area contributed by atoms with Gasteiger partial charge >= 0.3 is 0 Å². The van der Waals surface area contributed by atoms with Gasteiger partial charge in [0.1, 0.15) is 16.9 Å². The lowest BCUT2D eigenvalue weighted by Gasteiger charge is -2.11. The Morgan fingerprint density at radius 3 is 2.41 bits per heavy atom. The molecular weight excluding hydrogens is 528 g/mol. The predicted molar refractivity (Wildman–Crippen MR) is 151 cm³/mol. The molecule has 0 bridgehead atoms. The Labute approximate surface area is 232 Å². The number of fused-ring (bicyclic) bond motifs is 1. The smallest absolute Gasteiger partial charge is 0.284 e. The highest BCUT2D eigenvalue weighted by molar-refractivity contribution is 6.05. The van der Waals surface area contributed by atoms with E-state index in [0.29, 0.717) is 22.6 Å². The van der Waals surface area contributed by atoms with Crippen molar-refractivity contribution in [3.8, 4) is 28.3 Å². The molecule has 0 aliphatic rings. The van der Waals surface area contributed by atoms with Gasteiger partial charge in [0.15, 0.2) is 17.3 Å². The molecule has 10 heteroatoms. The van der Waals surface area contributed by atoms with Crippen LogP contribution in [0.1, 0.15) is 16.1 Å². The molecule has 204 valence electrons. The largest absolute Gasteiger partial charge is 0.452 e. The summed E-state index contributed by atoms with van der Waals surface area (Å²) in [7, 11) is 1.69. The van der Waals surface area contributed by atoms with Crippen molar-refractivity contribution < 1.29 is 18.3 Å². The second-order valence-electron chi connectivity index (χ2n) is 9.36. The van der Waals surface area contributed by atoms with Gasteiger partial charge < -0.3 is 10.1 Å². The maximum absolute atomic E-state index is 15.2. The van der Waals surface area contributed by atoms with Crippen molar-refractivity contribution in [3.63, 3.8) is 0 Å². The first-order valence-electron chi connectivity index (χ1n) is 12.7. The number of ether oxygens (including phenoxy) is 1. The summed E-state index contributed by atoms with van der Waals surface area (Å²) in [4.78, 5) is 26.3. The highest BCUT2D eigenvalue weighted by atomic mass is 19.1. The van der Waals surface area contributed by atoms with E-state index in [4.69, 9.17) is 4.74 Å². The van der Waals surface area contributed by atoms with Crippen molar-refractivity contribution in [1.29, 1.82) is 0 Å². The average Bonchev–Trinajstić information content (AvgIpc) is 3.50. The van der Waals surface area contributed by atoms with E-state index in [2.05, 4.69) is 10.4 Å². The van der Waals surface area contributed by atoms with Gasteiger partial charge in [-0.1, -0.05) is 30.3 Å². The predicted octanol–water partition coefficient (Wildman–Crippen LogP) is 6.12. The molecule has 0 fully saturated rings. The number of hydrogen-bond donors (Lipinski definition) is 1. The number of halogens is 2. The third-order valence-electron chi connectivity index (χ3n) is 6.86. The standard InChI is InChI=1S/C31H23F2N5O3/c1-19-28(31(40)38(36(19)2)23-6-4-3-5-7-23)30(39)35-22-12-13-26(25(33)18-22)41-27-14-16-34-37-17-15-24(29(27)37)20-8-10-21(32)11-9-20/h3-18H,1-2H3,(H,35,39). The molecule has 1 amide bonds. The summed E-state index contributed by atoms with van der Waals surface area (Å²) in [5, 5.41) is 6.90. The lowest BCUT2D eigenvalue weighted by molar-refractivity contribution is 0.102. The first-order chi connectivity index (χ1) is 19.8. The Hall–Kier alpha value is -5.51. The fourth-order valence-electron chi connectivity index (χ4n) is 4.76. The molecule has 41 heavy (non-hydrogen) atoms. The summed E-state index contributed by atoms with van der Waals surface area (Å²) in [6.07, 6.45) is 3.25. The summed E-state index contributed by atoms with van der Waals surface area (Å²) >= 11 is 0. The van der Waals surface area contributed by atoms with Crippen LogP contribution in [-0.2, 0) is 7.05 Å². The molecule has 6 rings (SSSR count). The van der Waals surface area contributed by atoms with Crippen molar-refractivity contribution in [2.75, 3.05) is 5.32 Å². The molecule has 3 aromatic heterocycles. The van der Waals surface area contributed by atoms with Gasteiger partial charge in [-0.25, -0.2) is 18.0 Å². The fraction of sp³-hybridized carbons (Fsp3) is 0.0645. The van der Waals surface area contributed by atoms with Crippen LogP contribution >= 0.6 is 0 Å². The van der Waals surface area contributed by atoms with Crippen LogP contribution in [-0.4, -0.2) is 24.9 Å². The van der Waals surface area contributed by atoms with Gasteiger partial charge in [0, 0.05) is 36.6 Å². The second kappa shape index (κ2) is 10.2. The molecule has 0 saturated heterocycles. The Bertz CT molecular complexity index is 1980. The van der Waals surface area contributed by atoms with Gasteiger partial charge in [-0.05, 0) is 55.0 Å². The van der Waals surface area contributed by atoms with Crippen LogP contribution < -0.4 is 15.6 Å². The van der Waals surface area contributed by atoms with E-state index in [1.807, 2.05) is 12.1 Å². The fourth-order valence-corrected chi connectivity index (χ4v) is 4.76. The zero-order valence-electron chi connectivity index (χ0n) is 22.0. The van der Waals surface area contributed by atoms with E-state index in [9.17, 15) is 14.0 Å². The monoisotopic (exact) mass is 551 g/mol. The third kappa shape index (κ3) is 4.65. The molecule has 0 radical (unpaired) electrons. The van der Waals surface area contributed by atoms with Gasteiger partial charge in [0.25, 0.3) is 11.5 Å². The Balaban J connectivity index is 1.27. The Morgan fingerprint density at radius 1 is 0.927 bits per heavy atom. The van der Waals surface area contributed by atoms with E-state index < -0.39 is 17.3 Å². The SMILES string of the molecule is Cc1c(C(=O)Nc2ccc(Oc3ccnn4ccc(-c5ccc(F)cc5)c34)c(F)c2)c(=O)n(-c2ccccc2)n1C. The zero-order chi connectivity index (χ0) is 28.7. The Morgan fingerprint density at radius 2 is 1.68 bits per heavy atom. The topological polar surface area (TPSA) is 82.6 Å². The molecular formula is C31H23F2N5O3. The molecule has 0 aliphatic heterocycles. The molecule has 3 heterocycles. The quantitative estimate of drug-likeness (QED) is 0.270. The number of para-hydroxylation sites is 1. The number of benzene rings is 3. The molecule has 0 atom stereocenters. The van der Waals surface area contributed by atoms with Gasteiger partial charge in [-0.15, -0.1) is 0 Å². The van der Waals surface area contributed by atoms with Crippen molar-refractivity contribution in [2.45, 2.75) is 6.92 Å². The van der Waals surface area contributed by atoms with Crippen molar-refractivity contribution >= 4 is 17.1 Å². The summed E-state index contributed by atoms with van der Waals surface area (Å²) in [5.74, 6) is -1.48. The maximum atomic E-state index is 15.2. The maximum Gasteiger partial charge on any atom is 0.284 e. The van der Waals surface area contributed by atoms with E-state index in [1.54, 1.807) is 71.8 Å². The summed E-state index contributed by atoms with van der Waals surface area (Å²) in [6, 6.07) is 22.4. The second-order valence-corrected chi connectivity index (χ2v) is 9.36. The number of rotatable bonds is 6. The number of aromatic nitrogens is 4. The molecule has 0 spiro atoms. The molecule has 6 aromatic rings. The summed E-state index contributed by atoms with van der Waals surface area (Å²) < 4.78 is 39.2. The van der Waals surface area contributed by atoms with Gasteiger partial charge in [-0.3, -0.25) is 14.3 Å². The number of nitrogens with zero attached hydrogens (tertiary/aromatic N) is 4. The van der Waals surface area contributed by atoms with E-state index in [-0.39, 0.29) is 22.8 Å². The van der Waals surface area contributed by atoms with Crippen LogP contribution in [0.25, 0.3) is 22.3 Å². The first kappa shape index (κ1) is 25.8. The van der Waals surface area contributed by atoms with Crippen molar-refractivity contribution in [3.05, 3.63) is 131 Å². The molecule has 0 aliphatic carbocycles. The van der Waals surface area contributed by atoms with E-state index in [0.717, 1.165) is 17.2 Å². The number of nitrogens with one attached hydrogen (secondary N) is 1. The molecule has 0 unspecified atom stereocenters. The number of anilines is 1. The lowest BCUT2D eigenvalue weighted by Crippen LogP contribution is -2.25. The van der Waals surface area contributed by atoms with Crippen LogP contribution in [0.15, 0.2) is 102 Å². The van der Waals surface area contributed by atoms with Crippen LogP contribution in [0.4, 0.5) is 14.5 Å². The molecule has 3 aromatic carbocycles. The van der Waals surface area contributed by atoms with Gasteiger partial charge in [0.2, 0.25) is 0 Å². The molecule has 8 nitrogen and oxygen atoms in total. The van der Waals surface area contributed by atoms with Crippen LogP contribution in [0.3, 0.4) is 0 Å². The number of carbonyl (C=O) groups is 1. The minimum atomic E-state index is -0.723. The van der Waals surface area contributed by atoms with Crippen LogP contribution in [0.5, 0.6) is 11.5 Å². The highest BCUT2D eigenvalue weighted by Crippen LogP contribution is 2.35. The number of amides is 1. The average molecular weight is 552 g/mol. The highest BCUT2D eigenvalue weighted by Gasteiger charge is 2.23. The normalized spacial score (nSPS) is 11.1. The van der Waals surface area contributed by atoms with Crippen molar-refractivity contribution in [1.82, 2.24) is 19.0 Å². The minimum Gasteiger partial charge on any atom is -0.452 e. The lowest BCUT2D eigenvalue weighted by atomic mass is 10.1. The van der Waals surface area contributed by atoms with Crippen LogP contribution in [0.2, 0.25) is 0 Å². The van der Waals surface area contributed by atoms with Gasteiger partial charge in [0.05, 0.1) is 17.6 Å². The third-order valence-corrected chi connectivity index (χ3v) is 6.86. The van der Waals surface area contributed by atoms with Crippen LogP contribution in [0, 0.1) is 18.6 Å². The molecule has 0 saturated carbocycles. The number of carbonyl (C=O) groups excluding carboxylic acids is 1. The van der Waals surface area contributed by atoms with Gasteiger partial charge in [-0.2, -0.15) is 5.10 Å². The first-order valence-corrected chi connectivity index (χ1v) is 12.7. The van der Waals surface area contributed by atoms with E-state index >= 15 is 4.39 Å². The number of hydrogen-bond acceptors (Lipinski definition) is 4.